The quantitative estimate of drug-likeness (QED) is 0.531. The van der Waals surface area contributed by atoms with Gasteiger partial charge in [0.15, 0.2) is 0 Å². The first-order chi connectivity index (χ1) is 12.4. The van der Waals surface area contributed by atoms with Crippen LogP contribution < -0.4 is 10.6 Å². The van der Waals surface area contributed by atoms with E-state index >= 15 is 0 Å². The normalized spacial score (nSPS) is 11.8. The van der Waals surface area contributed by atoms with Gasteiger partial charge >= 0.3 is 0 Å². The van der Waals surface area contributed by atoms with Crippen molar-refractivity contribution in [3.8, 4) is 0 Å². The average Bonchev–Trinajstić information content (AvgIpc) is 2.61. The molecular formula is C18H14ClN3O3S. The second-order valence-electron chi connectivity index (χ2n) is 5.46. The molecule has 3 aromatic carbocycles. The molecule has 3 aromatic rings. The molecule has 3 N–H and O–H groups in total. The maximum absolute atomic E-state index is 12.2. The van der Waals surface area contributed by atoms with Crippen LogP contribution in [0, 0.1) is 0 Å². The first-order valence-electron chi connectivity index (χ1n) is 7.50. The van der Waals surface area contributed by atoms with E-state index in [4.69, 9.17) is 16.7 Å². The van der Waals surface area contributed by atoms with Crippen molar-refractivity contribution in [1.29, 1.82) is 0 Å². The number of hydrogen-bond donors (Lipinski definition) is 2. The van der Waals surface area contributed by atoms with Gasteiger partial charge in [0.1, 0.15) is 4.90 Å². The number of halogens is 1. The fraction of sp³-hybridized carbons (Fsp3) is 0. The number of rotatable bonds is 4. The number of sulfonamides is 1. The second kappa shape index (κ2) is 7.25. The van der Waals surface area contributed by atoms with Gasteiger partial charge in [0.25, 0.3) is 5.91 Å². The van der Waals surface area contributed by atoms with Crippen molar-refractivity contribution in [2.24, 2.45) is 10.2 Å². The Balaban J connectivity index is 1.82. The summed E-state index contributed by atoms with van der Waals surface area (Å²) >= 11 is 5.80. The van der Waals surface area contributed by atoms with Gasteiger partial charge in [-0.05, 0) is 29.0 Å². The zero-order valence-electron chi connectivity index (χ0n) is 13.4. The Morgan fingerprint density at radius 1 is 1.08 bits per heavy atom. The Hall–Kier alpha value is -2.74. The van der Waals surface area contributed by atoms with Crippen molar-refractivity contribution >= 4 is 44.5 Å². The molecule has 0 aliphatic rings. The highest BCUT2D eigenvalue weighted by molar-refractivity contribution is 7.89. The molecule has 0 aromatic heterocycles. The Morgan fingerprint density at radius 2 is 1.81 bits per heavy atom. The molecule has 0 heterocycles. The molecular weight excluding hydrogens is 374 g/mol. The molecule has 8 heteroatoms. The van der Waals surface area contributed by atoms with Gasteiger partial charge in [0, 0.05) is 11.1 Å². The molecule has 132 valence electrons. The Morgan fingerprint density at radius 3 is 2.58 bits per heavy atom. The van der Waals surface area contributed by atoms with E-state index < -0.39 is 15.9 Å². The summed E-state index contributed by atoms with van der Waals surface area (Å²) in [6.45, 7) is 0. The number of nitrogens with one attached hydrogen (secondary N) is 1. The number of nitrogens with two attached hydrogens (primary N) is 1. The van der Waals surface area contributed by atoms with Crippen molar-refractivity contribution in [2.75, 3.05) is 0 Å². The molecule has 0 saturated carbocycles. The lowest BCUT2D eigenvalue weighted by atomic mass is 10.1. The van der Waals surface area contributed by atoms with E-state index in [1.165, 1.54) is 18.3 Å². The van der Waals surface area contributed by atoms with Crippen LogP contribution in [0.25, 0.3) is 10.8 Å². The summed E-state index contributed by atoms with van der Waals surface area (Å²) < 4.78 is 23.0. The highest BCUT2D eigenvalue weighted by Gasteiger charge is 2.16. The van der Waals surface area contributed by atoms with Crippen LogP contribution in [-0.2, 0) is 10.0 Å². The zero-order valence-corrected chi connectivity index (χ0v) is 15.0. The van der Waals surface area contributed by atoms with Gasteiger partial charge in [-0.3, -0.25) is 4.79 Å². The Labute approximate surface area is 155 Å². The largest absolute Gasteiger partial charge is 0.271 e. The molecule has 0 aliphatic carbocycles. The van der Waals surface area contributed by atoms with E-state index in [1.807, 2.05) is 42.5 Å². The lowest BCUT2D eigenvalue weighted by Crippen LogP contribution is -2.19. The summed E-state index contributed by atoms with van der Waals surface area (Å²) in [5, 5.41) is 11.0. The minimum atomic E-state index is -4.03. The number of benzene rings is 3. The van der Waals surface area contributed by atoms with Gasteiger partial charge in [-0.25, -0.2) is 19.0 Å². The summed E-state index contributed by atoms with van der Waals surface area (Å²) in [5.41, 5.74) is 3.28. The maximum atomic E-state index is 12.2. The summed E-state index contributed by atoms with van der Waals surface area (Å²) in [6.07, 6.45) is 1.52. The van der Waals surface area contributed by atoms with E-state index in [2.05, 4.69) is 10.5 Å². The van der Waals surface area contributed by atoms with Crippen LogP contribution in [0.3, 0.4) is 0 Å². The van der Waals surface area contributed by atoms with Crippen LogP contribution in [0.4, 0.5) is 0 Å². The van der Waals surface area contributed by atoms with Gasteiger partial charge in [-0.15, -0.1) is 0 Å². The lowest BCUT2D eigenvalue weighted by Gasteiger charge is -2.05. The van der Waals surface area contributed by atoms with Crippen molar-refractivity contribution in [3.05, 3.63) is 76.8 Å². The van der Waals surface area contributed by atoms with Crippen LogP contribution in [0.1, 0.15) is 15.9 Å². The summed E-state index contributed by atoms with van der Waals surface area (Å²) in [6, 6.07) is 17.3. The predicted octanol–water partition coefficient (Wildman–Crippen LogP) is 2.90. The van der Waals surface area contributed by atoms with Crippen LogP contribution >= 0.6 is 11.6 Å². The molecule has 0 fully saturated rings. The van der Waals surface area contributed by atoms with E-state index in [0.29, 0.717) is 0 Å². The third-order valence-electron chi connectivity index (χ3n) is 3.69. The number of hydrazone groups is 1. The number of nitrogens with zero attached hydrogens (tertiary/aromatic N) is 1. The van der Waals surface area contributed by atoms with Gasteiger partial charge < -0.3 is 0 Å². The third kappa shape index (κ3) is 3.91. The van der Waals surface area contributed by atoms with Gasteiger partial charge in [-0.2, -0.15) is 5.10 Å². The molecule has 0 saturated heterocycles. The van der Waals surface area contributed by atoms with Gasteiger partial charge in [0.05, 0.1) is 11.2 Å². The van der Waals surface area contributed by atoms with Crippen molar-refractivity contribution in [1.82, 2.24) is 5.43 Å². The minimum absolute atomic E-state index is 0.0525. The number of carbonyl (C=O) groups excluding carboxylic acids is 1. The van der Waals surface area contributed by atoms with Crippen molar-refractivity contribution < 1.29 is 13.2 Å². The number of hydrogen-bond acceptors (Lipinski definition) is 4. The number of fused-ring (bicyclic) bond motifs is 1. The highest BCUT2D eigenvalue weighted by Crippen LogP contribution is 2.21. The highest BCUT2D eigenvalue weighted by atomic mass is 35.5. The van der Waals surface area contributed by atoms with E-state index in [9.17, 15) is 13.2 Å². The van der Waals surface area contributed by atoms with Crippen LogP contribution in [-0.4, -0.2) is 20.5 Å². The number of amides is 1. The first-order valence-corrected chi connectivity index (χ1v) is 9.42. The van der Waals surface area contributed by atoms with E-state index in [0.717, 1.165) is 22.4 Å². The van der Waals surface area contributed by atoms with Crippen LogP contribution in [0.5, 0.6) is 0 Å². The van der Waals surface area contributed by atoms with Crippen molar-refractivity contribution in [3.63, 3.8) is 0 Å². The standard InChI is InChI=1S/C18H14ClN3O3S/c19-16-9-8-13(10-17(16)26(20,24)25)18(23)22-21-11-14-6-3-5-12-4-1-2-7-15(12)14/h1-11H,(H,22,23)(H2,20,24,25)/b21-11-. The number of carbonyl (C=O) groups is 1. The van der Waals surface area contributed by atoms with E-state index in [1.54, 1.807) is 0 Å². The average molecular weight is 388 g/mol. The second-order valence-corrected chi connectivity index (χ2v) is 7.39. The summed E-state index contributed by atoms with van der Waals surface area (Å²) in [7, 11) is -4.03. The molecule has 0 spiro atoms. The third-order valence-corrected chi connectivity index (χ3v) is 5.09. The molecule has 3 rings (SSSR count). The van der Waals surface area contributed by atoms with Gasteiger partial charge in [-0.1, -0.05) is 54.1 Å². The molecule has 0 radical (unpaired) electrons. The SMILES string of the molecule is NS(=O)(=O)c1cc(C(=O)N/N=C\c2cccc3ccccc23)ccc1Cl. The smallest absolute Gasteiger partial charge is 0.267 e. The van der Waals surface area contributed by atoms with Crippen molar-refractivity contribution in [2.45, 2.75) is 4.90 Å². The molecule has 0 unspecified atom stereocenters. The first kappa shape index (κ1) is 18.1. The molecule has 1 amide bonds. The molecule has 0 aliphatic heterocycles. The Bertz CT molecular complexity index is 1120. The van der Waals surface area contributed by atoms with Crippen LogP contribution in [0.15, 0.2) is 70.7 Å². The zero-order chi connectivity index (χ0) is 18.7. The van der Waals surface area contributed by atoms with Gasteiger partial charge in [0.2, 0.25) is 10.0 Å². The lowest BCUT2D eigenvalue weighted by molar-refractivity contribution is 0.0955. The minimum Gasteiger partial charge on any atom is -0.267 e. The van der Waals surface area contributed by atoms with Crippen LogP contribution in [0.2, 0.25) is 5.02 Å². The Kier molecular flexibility index (Phi) is 5.03. The number of primary sulfonamides is 1. The molecule has 6 nitrogen and oxygen atoms in total. The molecule has 26 heavy (non-hydrogen) atoms. The molecule has 0 atom stereocenters. The molecule has 0 bridgehead atoms. The fourth-order valence-corrected chi connectivity index (χ4v) is 3.52. The van der Waals surface area contributed by atoms with E-state index in [-0.39, 0.29) is 15.5 Å². The summed E-state index contributed by atoms with van der Waals surface area (Å²) in [5.74, 6) is -0.581. The maximum Gasteiger partial charge on any atom is 0.271 e. The summed E-state index contributed by atoms with van der Waals surface area (Å²) in [4.78, 5) is 11.9. The topological polar surface area (TPSA) is 102 Å². The fourth-order valence-electron chi connectivity index (χ4n) is 2.45. The monoisotopic (exact) mass is 387 g/mol. The predicted molar refractivity (Wildman–Crippen MR) is 102 cm³/mol.